The lowest BCUT2D eigenvalue weighted by Gasteiger charge is -2.44. The number of carbonyl (C=O) groups is 4. The minimum Gasteiger partial charge on any atom is -0.430 e. The Kier molecular flexibility index (Phi) is 4.18. The molecule has 0 saturated carbocycles. The lowest BCUT2D eigenvalue weighted by Crippen LogP contribution is -2.62. The van der Waals surface area contributed by atoms with Crippen LogP contribution in [0.3, 0.4) is 0 Å². The molecule has 0 N–H and O–H groups in total. The summed E-state index contributed by atoms with van der Waals surface area (Å²) in [7, 11) is 0. The fourth-order valence-electron chi connectivity index (χ4n) is 2.98. The molecule has 0 radical (unpaired) electrons. The third kappa shape index (κ3) is 3.06. The summed E-state index contributed by atoms with van der Waals surface area (Å²) < 4.78 is 19.5. The minimum atomic E-state index is -0.789. The number of amides is 1. The Balaban J connectivity index is 1.52. The van der Waals surface area contributed by atoms with Crippen molar-refractivity contribution in [2.24, 2.45) is 11.3 Å². The first-order valence-electron chi connectivity index (χ1n) is 7.91. The van der Waals surface area contributed by atoms with Crippen LogP contribution in [-0.4, -0.2) is 54.4 Å². The molecule has 9 heteroatoms. The fraction of sp³-hybridized carbons (Fsp3) is 0.625. The van der Waals surface area contributed by atoms with Crippen LogP contribution in [0.25, 0.3) is 0 Å². The summed E-state index contributed by atoms with van der Waals surface area (Å²) in [4.78, 5) is 48.4. The van der Waals surface area contributed by atoms with Gasteiger partial charge in [0.25, 0.3) is 0 Å². The molecule has 136 valence electrons. The number of ether oxygens (including phenoxy) is 4. The van der Waals surface area contributed by atoms with Crippen molar-refractivity contribution >= 4 is 24.0 Å². The van der Waals surface area contributed by atoms with Gasteiger partial charge < -0.3 is 23.8 Å². The Morgan fingerprint density at radius 1 is 1.28 bits per heavy atom. The first kappa shape index (κ1) is 17.2. The van der Waals surface area contributed by atoms with Crippen LogP contribution in [0.2, 0.25) is 0 Å². The van der Waals surface area contributed by atoms with E-state index in [0.29, 0.717) is 6.42 Å². The van der Waals surface area contributed by atoms with Crippen molar-refractivity contribution < 1.29 is 38.1 Å². The molecule has 3 atom stereocenters. The Labute approximate surface area is 143 Å². The van der Waals surface area contributed by atoms with Gasteiger partial charge in [0.1, 0.15) is 18.2 Å². The molecular formula is C16H19NO8. The summed E-state index contributed by atoms with van der Waals surface area (Å²) in [6.07, 6.45) is 0.630. The predicted molar refractivity (Wildman–Crippen MR) is 79.6 cm³/mol. The number of hydrogen-bond acceptors (Lipinski definition) is 8. The monoisotopic (exact) mass is 353 g/mol. The number of fused-ring (bicyclic) bond motifs is 1. The zero-order valence-corrected chi connectivity index (χ0v) is 14.1. The third-order valence-corrected chi connectivity index (χ3v) is 4.30. The second-order valence-electron chi connectivity index (χ2n) is 7.08. The molecule has 3 rings (SSSR count). The summed E-state index contributed by atoms with van der Waals surface area (Å²) in [6.45, 7) is 4.55. The zero-order chi connectivity index (χ0) is 18.4. The summed E-state index contributed by atoms with van der Waals surface area (Å²) in [5.41, 5.74) is -0.589. The van der Waals surface area contributed by atoms with Crippen LogP contribution in [0.5, 0.6) is 0 Å². The lowest BCUT2D eigenvalue weighted by molar-refractivity contribution is -0.175. The van der Waals surface area contributed by atoms with Gasteiger partial charge in [-0.2, -0.15) is 0 Å². The van der Waals surface area contributed by atoms with E-state index in [-0.39, 0.29) is 24.3 Å². The van der Waals surface area contributed by atoms with Gasteiger partial charge in [0.2, 0.25) is 12.7 Å². The molecule has 3 aliphatic heterocycles. The van der Waals surface area contributed by atoms with Crippen molar-refractivity contribution in [1.29, 1.82) is 0 Å². The molecule has 3 unspecified atom stereocenters. The highest BCUT2D eigenvalue weighted by atomic mass is 16.8. The van der Waals surface area contributed by atoms with E-state index in [1.54, 1.807) is 26.8 Å². The number of carbonyl (C=O) groups excluding carboxylic acids is 4. The predicted octanol–water partition coefficient (Wildman–Crippen LogP) is 0.726. The van der Waals surface area contributed by atoms with Crippen LogP contribution in [-0.2, 0) is 33.3 Å². The van der Waals surface area contributed by atoms with Gasteiger partial charge in [-0.25, -0.2) is 9.59 Å². The Hall–Kier alpha value is -2.58. The minimum absolute atomic E-state index is 0.0299. The van der Waals surface area contributed by atoms with E-state index < -0.39 is 42.3 Å². The second-order valence-corrected chi connectivity index (χ2v) is 7.08. The molecule has 3 heterocycles. The van der Waals surface area contributed by atoms with E-state index in [9.17, 15) is 19.2 Å². The molecule has 9 nitrogen and oxygen atoms in total. The quantitative estimate of drug-likeness (QED) is 0.413. The summed E-state index contributed by atoms with van der Waals surface area (Å²) in [5.74, 6) is -2.08. The SMILES string of the molecule is CC(C)(C)C(=O)OCOC(=O)C1=CCC2C(C3COC(=O)O3)C(=O)N12. The van der Waals surface area contributed by atoms with E-state index in [0.717, 1.165) is 0 Å². The molecule has 2 saturated heterocycles. The van der Waals surface area contributed by atoms with Gasteiger partial charge in [0.15, 0.2) is 6.10 Å². The topological polar surface area (TPSA) is 108 Å². The molecule has 25 heavy (non-hydrogen) atoms. The summed E-state index contributed by atoms with van der Waals surface area (Å²) in [5, 5.41) is 0. The average Bonchev–Trinajstić information content (AvgIpc) is 3.10. The number of hydrogen-bond donors (Lipinski definition) is 0. The normalized spacial score (nSPS) is 27.7. The van der Waals surface area contributed by atoms with Crippen LogP contribution >= 0.6 is 0 Å². The number of cyclic esters (lactones) is 2. The summed E-state index contributed by atoms with van der Waals surface area (Å²) in [6, 6.07) is -0.258. The van der Waals surface area contributed by atoms with E-state index in [1.807, 2.05) is 0 Å². The lowest BCUT2D eigenvalue weighted by atomic mass is 9.83. The smallest absolute Gasteiger partial charge is 0.430 e. The Bertz CT molecular complexity index is 662. The van der Waals surface area contributed by atoms with Gasteiger partial charge in [-0.15, -0.1) is 0 Å². The standard InChI is InChI=1S/C16H19NO8/c1-16(2,3)14(20)24-7-23-13(19)9-5-4-8-11(12(18)17(8)9)10-6-22-15(21)25-10/h5,8,10-11H,4,6-7H2,1-3H3. The van der Waals surface area contributed by atoms with Gasteiger partial charge in [0, 0.05) is 0 Å². The van der Waals surface area contributed by atoms with Crippen molar-refractivity contribution in [3.8, 4) is 0 Å². The van der Waals surface area contributed by atoms with Crippen LogP contribution in [0.1, 0.15) is 27.2 Å². The maximum atomic E-state index is 12.3. The highest BCUT2D eigenvalue weighted by Crippen LogP contribution is 2.42. The molecule has 0 aromatic rings. The number of nitrogens with zero attached hydrogens (tertiary/aromatic N) is 1. The summed E-state index contributed by atoms with van der Waals surface area (Å²) >= 11 is 0. The first-order valence-corrected chi connectivity index (χ1v) is 7.91. The van der Waals surface area contributed by atoms with Gasteiger partial charge in [-0.1, -0.05) is 6.08 Å². The van der Waals surface area contributed by atoms with Crippen LogP contribution in [0, 0.1) is 11.3 Å². The van der Waals surface area contributed by atoms with Crippen molar-refractivity contribution in [3.05, 3.63) is 11.8 Å². The van der Waals surface area contributed by atoms with Gasteiger partial charge in [-0.05, 0) is 27.2 Å². The van der Waals surface area contributed by atoms with E-state index in [1.165, 1.54) is 4.90 Å². The maximum absolute atomic E-state index is 12.3. The van der Waals surface area contributed by atoms with Gasteiger partial charge in [0.05, 0.1) is 11.5 Å². The van der Waals surface area contributed by atoms with Crippen LogP contribution in [0.15, 0.2) is 11.8 Å². The molecule has 0 aromatic carbocycles. The van der Waals surface area contributed by atoms with E-state index in [4.69, 9.17) is 18.9 Å². The van der Waals surface area contributed by atoms with Crippen LogP contribution < -0.4 is 0 Å². The van der Waals surface area contributed by atoms with Crippen molar-refractivity contribution in [3.63, 3.8) is 0 Å². The fourth-order valence-corrected chi connectivity index (χ4v) is 2.98. The van der Waals surface area contributed by atoms with E-state index in [2.05, 4.69) is 0 Å². The molecular weight excluding hydrogens is 334 g/mol. The average molecular weight is 353 g/mol. The Morgan fingerprint density at radius 3 is 2.60 bits per heavy atom. The number of esters is 2. The highest BCUT2D eigenvalue weighted by molar-refractivity contribution is 5.99. The number of rotatable bonds is 4. The molecule has 3 aliphatic rings. The number of β-lactam (4-membered cyclic amide) rings is 1. The van der Waals surface area contributed by atoms with Crippen molar-refractivity contribution in [2.45, 2.75) is 39.3 Å². The third-order valence-electron chi connectivity index (χ3n) is 4.30. The van der Waals surface area contributed by atoms with Crippen molar-refractivity contribution in [1.82, 2.24) is 4.90 Å². The Morgan fingerprint density at radius 2 is 2.00 bits per heavy atom. The molecule has 1 amide bonds. The largest absolute Gasteiger partial charge is 0.508 e. The molecule has 0 aliphatic carbocycles. The molecule has 0 aromatic heterocycles. The van der Waals surface area contributed by atoms with Crippen molar-refractivity contribution in [2.75, 3.05) is 13.4 Å². The molecule has 2 fully saturated rings. The van der Waals surface area contributed by atoms with Gasteiger partial charge >= 0.3 is 18.1 Å². The first-order chi connectivity index (χ1) is 11.7. The highest BCUT2D eigenvalue weighted by Gasteiger charge is 2.58. The van der Waals surface area contributed by atoms with Gasteiger partial charge in [-0.3, -0.25) is 9.59 Å². The zero-order valence-electron chi connectivity index (χ0n) is 14.1. The maximum Gasteiger partial charge on any atom is 0.508 e. The van der Waals surface area contributed by atoms with E-state index >= 15 is 0 Å². The second kappa shape index (κ2) is 6.05. The molecule has 0 spiro atoms. The molecule has 0 bridgehead atoms. The van der Waals surface area contributed by atoms with Crippen LogP contribution in [0.4, 0.5) is 4.79 Å².